The first-order valence-corrected chi connectivity index (χ1v) is 8.53. The van der Waals surface area contributed by atoms with Gasteiger partial charge in [0.1, 0.15) is 0 Å². The van der Waals surface area contributed by atoms with E-state index in [0.29, 0.717) is 16.7 Å². The van der Waals surface area contributed by atoms with Gasteiger partial charge in [-0.15, -0.1) is 0 Å². The Morgan fingerprint density at radius 3 is 1.95 bits per heavy atom. The number of nitrogens with zero attached hydrogens (tertiary/aromatic N) is 2. The molecule has 0 N–H and O–H groups in total. The van der Waals surface area contributed by atoms with Crippen LogP contribution in [0.1, 0.15) is 60.8 Å². The zero-order chi connectivity index (χ0) is 15.9. The summed E-state index contributed by atoms with van der Waals surface area (Å²) in [6, 6.07) is 0. The van der Waals surface area contributed by atoms with Gasteiger partial charge in [0.2, 0.25) is 5.91 Å². The van der Waals surface area contributed by atoms with E-state index < -0.39 is 0 Å². The van der Waals surface area contributed by atoms with Crippen LogP contribution < -0.4 is 0 Å². The molecule has 0 radical (unpaired) electrons. The van der Waals surface area contributed by atoms with Gasteiger partial charge in [-0.05, 0) is 36.6 Å². The highest BCUT2D eigenvalue weighted by atomic mass is 16.2. The molecule has 3 nitrogen and oxygen atoms in total. The number of rotatable bonds is 2. The van der Waals surface area contributed by atoms with Crippen LogP contribution in [0.5, 0.6) is 0 Å². The molecule has 2 saturated heterocycles. The summed E-state index contributed by atoms with van der Waals surface area (Å²) in [7, 11) is 0. The smallest absolute Gasteiger partial charge is 0.227 e. The average Bonchev–Trinajstić information content (AvgIpc) is 2.31. The Kier molecular flexibility index (Phi) is 4.45. The topological polar surface area (TPSA) is 23.6 Å². The van der Waals surface area contributed by atoms with E-state index in [-0.39, 0.29) is 5.41 Å². The highest BCUT2D eigenvalue weighted by molar-refractivity contribution is 5.81. The van der Waals surface area contributed by atoms with Crippen LogP contribution in [0.4, 0.5) is 0 Å². The molecule has 0 atom stereocenters. The zero-order valence-electron chi connectivity index (χ0n) is 15.0. The fraction of sp³-hybridized carbons (Fsp3) is 0.944. The number of hydrogen-bond acceptors (Lipinski definition) is 2. The van der Waals surface area contributed by atoms with E-state index in [9.17, 15) is 4.79 Å². The number of carbonyl (C=O) groups is 1. The third kappa shape index (κ3) is 4.21. The number of likely N-dealkylation sites (tertiary alicyclic amines) is 2. The molecule has 3 heteroatoms. The molecule has 0 aromatic rings. The van der Waals surface area contributed by atoms with E-state index in [1.54, 1.807) is 0 Å². The van der Waals surface area contributed by atoms with E-state index >= 15 is 0 Å². The van der Waals surface area contributed by atoms with Crippen molar-refractivity contribution in [3.05, 3.63) is 0 Å². The molecule has 0 aromatic carbocycles. The summed E-state index contributed by atoms with van der Waals surface area (Å²) in [4.78, 5) is 17.0. The molecule has 2 fully saturated rings. The van der Waals surface area contributed by atoms with E-state index in [2.05, 4.69) is 30.6 Å². The second-order valence-electron chi connectivity index (χ2n) is 9.56. The van der Waals surface area contributed by atoms with Gasteiger partial charge in [-0.2, -0.15) is 0 Å². The maximum atomic E-state index is 12.3. The molecule has 1 amide bonds. The maximum absolute atomic E-state index is 12.3. The van der Waals surface area contributed by atoms with Gasteiger partial charge in [-0.3, -0.25) is 4.79 Å². The number of hydrogen-bond donors (Lipinski definition) is 0. The maximum Gasteiger partial charge on any atom is 0.227 e. The standard InChI is InChI=1S/C18H34N2O/c1-16(2,3)7-10-19-13-18(14-19)8-11-20(12-9-18)15(21)17(4,5)6/h7-14H2,1-6H3. The Hall–Kier alpha value is -0.570. The molecule has 0 saturated carbocycles. The van der Waals surface area contributed by atoms with Crippen LogP contribution in [-0.4, -0.2) is 48.4 Å². The molecule has 2 heterocycles. The third-order valence-electron chi connectivity index (χ3n) is 5.05. The SMILES string of the molecule is CC(C)(C)CCN1CC2(CCN(C(=O)C(C)(C)C)CC2)C1. The highest BCUT2D eigenvalue weighted by Gasteiger charge is 2.45. The molecular formula is C18H34N2O. The third-order valence-corrected chi connectivity index (χ3v) is 5.05. The predicted molar refractivity (Wildman–Crippen MR) is 88.2 cm³/mol. The van der Waals surface area contributed by atoms with Crippen molar-refractivity contribution < 1.29 is 4.79 Å². The van der Waals surface area contributed by atoms with Crippen molar-refractivity contribution in [3.63, 3.8) is 0 Å². The first-order valence-electron chi connectivity index (χ1n) is 8.53. The van der Waals surface area contributed by atoms with Crippen LogP contribution in [0.25, 0.3) is 0 Å². The quantitative estimate of drug-likeness (QED) is 0.779. The minimum absolute atomic E-state index is 0.233. The summed E-state index contributed by atoms with van der Waals surface area (Å²) >= 11 is 0. The van der Waals surface area contributed by atoms with E-state index in [1.165, 1.54) is 38.9 Å². The Balaban J connectivity index is 1.75. The molecule has 2 aliphatic heterocycles. The molecule has 122 valence electrons. The van der Waals surface area contributed by atoms with Crippen LogP contribution >= 0.6 is 0 Å². The fourth-order valence-electron chi connectivity index (χ4n) is 3.53. The Morgan fingerprint density at radius 2 is 1.52 bits per heavy atom. The van der Waals surface area contributed by atoms with Crippen LogP contribution in [-0.2, 0) is 4.79 Å². The number of piperidine rings is 1. The van der Waals surface area contributed by atoms with Gasteiger partial charge < -0.3 is 9.80 Å². The minimum atomic E-state index is -0.233. The lowest BCUT2D eigenvalue weighted by molar-refractivity contribution is -0.144. The van der Waals surface area contributed by atoms with Gasteiger partial charge in [-0.25, -0.2) is 0 Å². The van der Waals surface area contributed by atoms with Gasteiger partial charge in [0, 0.05) is 31.6 Å². The van der Waals surface area contributed by atoms with Crippen molar-refractivity contribution >= 4 is 5.91 Å². The van der Waals surface area contributed by atoms with Crippen molar-refractivity contribution in [2.75, 3.05) is 32.7 Å². The number of carbonyl (C=O) groups excluding carboxylic acids is 1. The van der Waals surface area contributed by atoms with Crippen LogP contribution in [0.2, 0.25) is 0 Å². The monoisotopic (exact) mass is 294 g/mol. The summed E-state index contributed by atoms with van der Waals surface area (Å²) < 4.78 is 0. The molecular weight excluding hydrogens is 260 g/mol. The number of amides is 1. The molecule has 2 rings (SSSR count). The van der Waals surface area contributed by atoms with Crippen molar-refractivity contribution in [2.24, 2.45) is 16.2 Å². The Labute approximate surface area is 131 Å². The summed E-state index contributed by atoms with van der Waals surface area (Å²) in [5.74, 6) is 0.321. The summed E-state index contributed by atoms with van der Waals surface area (Å²) in [6.07, 6.45) is 3.67. The Bertz CT molecular complexity index is 373. The van der Waals surface area contributed by atoms with Crippen LogP contribution in [0, 0.1) is 16.2 Å². The van der Waals surface area contributed by atoms with Crippen molar-refractivity contribution in [2.45, 2.75) is 60.8 Å². The lowest BCUT2D eigenvalue weighted by atomic mass is 9.71. The van der Waals surface area contributed by atoms with Crippen LogP contribution in [0.3, 0.4) is 0 Å². The normalized spacial score (nSPS) is 23.2. The largest absolute Gasteiger partial charge is 0.342 e. The lowest BCUT2D eigenvalue weighted by Crippen LogP contribution is -2.61. The first kappa shape index (κ1) is 16.8. The van der Waals surface area contributed by atoms with Gasteiger partial charge in [0.15, 0.2) is 0 Å². The highest BCUT2D eigenvalue weighted by Crippen LogP contribution is 2.41. The van der Waals surface area contributed by atoms with Crippen molar-refractivity contribution in [1.82, 2.24) is 9.80 Å². The van der Waals surface area contributed by atoms with E-state index in [4.69, 9.17) is 0 Å². The zero-order valence-corrected chi connectivity index (χ0v) is 15.0. The van der Waals surface area contributed by atoms with Gasteiger partial charge in [0.05, 0.1) is 0 Å². The first-order chi connectivity index (χ1) is 9.51. The van der Waals surface area contributed by atoms with Gasteiger partial charge >= 0.3 is 0 Å². The van der Waals surface area contributed by atoms with Gasteiger partial charge in [0.25, 0.3) is 0 Å². The summed E-state index contributed by atoms with van der Waals surface area (Å²) in [6.45, 7) is 18.7. The van der Waals surface area contributed by atoms with Crippen molar-refractivity contribution in [3.8, 4) is 0 Å². The lowest BCUT2D eigenvalue weighted by Gasteiger charge is -2.55. The molecule has 0 aliphatic carbocycles. The minimum Gasteiger partial charge on any atom is -0.342 e. The second-order valence-corrected chi connectivity index (χ2v) is 9.56. The predicted octanol–water partition coefficient (Wildman–Crippen LogP) is 3.39. The summed E-state index contributed by atoms with van der Waals surface area (Å²) in [5.41, 5.74) is 0.723. The van der Waals surface area contributed by atoms with E-state index in [1.807, 2.05) is 20.8 Å². The fourth-order valence-corrected chi connectivity index (χ4v) is 3.53. The Morgan fingerprint density at radius 1 is 1.00 bits per heavy atom. The molecule has 1 spiro atoms. The summed E-state index contributed by atoms with van der Waals surface area (Å²) in [5, 5.41) is 0. The van der Waals surface area contributed by atoms with Crippen molar-refractivity contribution in [1.29, 1.82) is 0 Å². The van der Waals surface area contributed by atoms with Gasteiger partial charge in [-0.1, -0.05) is 41.5 Å². The molecule has 0 aromatic heterocycles. The molecule has 0 bridgehead atoms. The molecule has 21 heavy (non-hydrogen) atoms. The van der Waals surface area contributed by atoms with Crippen LogP contribution in [0.15, 0.2) is 0 Å². The van der Waals surface area contributed by atoms with E-state index in [0.717, 1.165) is 13.1 Å². The molecule has 0 unspecified atom stereocenters. The second kappa shape index (κ2) is 5.57. The average molecular weight is 294 g/mol. The molecule has 2 aliphatic rings.